The number of benzene rings is 4. The summed E-state index contributed by atoms with van der Waals surface area (Å²) in [6, 6.07) is 33.6. The Bertz CT molecular complexity index is 2640. The standard InChI is InChI=1S/2C25H25N5O/c2*1-18-16-29(17-26-18)22-10-8-19(14-23(22)31-2)9-11-24-27-25-15-21(12-13-30(25)28-24)20-6-4-3-5-7-20/h2*3-11,14,16-17,21H,12-13,15H2,1-2H3/b2*11-9+/t2*21-/m10/s1. The van der Waals surface area contributed by atoms with Crippen molar-refractivity contribution < 1.29 is 9.47 Å². The fourth-order valence-electron chi connectivity index (χ4n) is 8.28. The predicted octanol–water partition coefficient (Wildman–Crippen LogP) is 9.36. The zero-order valence-corrected chi connectivity index (χ0v) is 35.5. The Morgan fingerprint density at radius 1 is 0.548 bits per heavy atom. The number of hydrogen-bond acceptors (Lipinski definition) is 8. The molecule has 0 aliphatic carbocycles. The predicted molar refractivity (Wildman–Crippen MR) is 243 cm³/mol. The second kappa shape index (κ2) is 18.1. The van der Waals surface area contributed by atoms with E-state index in [0.29, 0.717) is 11.8 Å². The van der Waals surface area contributed by atoms with Crippen LogP contribution in [0.25, 0.3) is 35.7 Å². The van der Waals surface area contributed by atoms with E-state index in [1.807, 2.05) is 93.3 Å². The molecule has 12 nitrogen and oxygen atoms in total. The van der Waals surface area contributed by atoms with Gasteiger partial charge in [-0.25, -0.2) is 29.3 Å². The van der Waals surface area contributed by atoms with Gasteiger partial charge in [0.2, 0.25) is 0 Å². The molecule has 0 N–H and O–H groups in total. The Hall–Kier alpha value is -7.34. The third-order valence-electron chi connectivity index (χ3n) is 11.5. The van der Waals surface area contributed by atoms with Crippen LogP contribution in [0.15, 0.2) is 122 Å². The summed E-state index contributed by atoms with van der Waals surface area (Å²) in [5, 5.41) is 9.36. The third kappa shape index (κ3) is 9.04. The normalized spacial score (nSPS) is 15.9. The highest BCUT2D eigenvalue weighted by Gasteiger charge is 2.24. The molecule has 0 saturated heterocycles. The number of fused-ring (bicyclic) bond motifs is 2. The molecule has 0 fully saturated rings. The van der Waals surface area contributed by atoms with Crippen molar-refractivity contribution in [3.63, 3.8) is 0 Å². The van der Waals surface area contributed by atoms with Crippen molar-refractivity contribution in [2.24, 2.45) is 0 Å². The summed E-state index contributed by atoms with van der Waals surface area (Å²) in [6.07, 6.45) is 19.6. The van der Waals surface area contributed by atoms with Gasteiger partial charge in [0.25, 0.3) is 0 Å². The Balaban J connectivity index is 0.000000158. The Morgan fingerprint density at radius 3 is 1.37 bits per heavy atom. The summed E-state index contributed by atoms with van der Waals surface area (Å²) in [6.45, 7) is 5.75. The molecule has 0 spiro atoms. The van der Waals surface area contributed by atoms with E-state index >= 15 is 0 Å². The van der Waals surface area contributed by atoms with Crippen molar-refractivity contribution in [2.75, 3.05) is 14.2 Å². The van der Waals surface area contributed by atoms with Crippen molar-refractivity contribution in [2.45, 2.75) is 64.5 Å². The monoisotopic (exact) mass is 822 g/mol. The first kappa shape index (κ1) is 40.1. The second-order valence-electron chi connectivity index (χ2n) is 15.8. The van der Waals surface area contributed by atoms with Crippen LogP contribution in [0.4, 0.5) is 0 Å². The second-order valence-corrected chi connectivity index (χ2v) is 15.8. The molecular formula is C50H50N10O2. The van der Waals surface area contributed by atoms with Gasteiger partial charge in [0.05, 0.1) is 49.6 Å². The van der Waals surface area contributed by atoms with Gasteiger partial charge in [0, 0.05) is 38.3 Å². The van der Waals surface area contributed by atoms with Crippen LogP contribution in [0.1, 0.15) is 81.6 Å². The van der Waals surface area contributed by atoms with E-state index in [4.69, 9.17) is 19.4 Å². The first-order valence-electron chi connectivity index (χ1n) is 21.1. The Morgan fingerprint density at radius 2 is 0.984 bits per heavy atom. The maximum absolute atomic E-state index is 5.60. The molecule has 0 unspecified atom stereocenters. The first-order chi connectivity index (χ1) is 30.4. The number of aryl methyl sites for hydroxylation is 4. The molecule has 10 rings (SSSR count). The molecule has 2 atom stereocenters. The lowest BCUT2D eigenvalue weighted by Gasteiger charge is -2.22. The summed E-state index contributed by atoms with van der Waals surface area (Å²) in [5.74, 6) is 6.22. The average Bonchev–Trinajstić information content (AvgIpc) is 4.14. The molecule has 4 aromatic heterocycles. The maximum Gasteiger partial charge on any atom is 0.174 e. The molecular weight excluding hydrogens is 773 g/mol. The minimum Gasteiger partial charge on any atom is -0.495 e. The fourth-order valence-corrected chi connectivity index (χ4v) is 8.28. The first-order valence-corrected chi connectivity index (χ1v) is 21.1. The number of rotatable bonds is 10. The molecule has 0 bridgehead atoms. The van der Waals surface area contributed by atoms with Gasteiger partial charge in [-0.15, -0.1) is 0 Å². The number of ether oxygens (including phenoxy) is 2. The molecule has 12 heteroatoms. The molecule has 0 radical (unpaired) electrons. The van der Waals surface area contributed by atoms with E-state index in [0.717, 1.165) is 107 Å². The molecule has 2 aliphatic rings. The van der Waals surface area contributed by atoms with Gasteiger partial charge in [-0.05, 0) is 97.2 Å². The van der Waals surface area contributed by atoms with Crippen LogP contribution in [0.2, 0.25) is 0 Å². The Kier molecular flexibility index (Phi) is 11.7. The highest BCUT2D eigenvalue weighted by molar-refractivity contribution is 5.70. The van der Waals surface area contributed by atoms with Crippen LogP contribution in [-0.4, -0.2) is 62.9 Å². The summed E-state index contributed by atoms with van der Waals surface area (Å²) in [5.41, 5.74) is 8.69. The minimum absolute atomic E-state index is 0.512. The molecule has 4 aromatic carbocycles. The van der Waals surface area contributed by atoms with Gasteiger partial charge in [-0.1, -0.05) is 84.9 Å². The summed E-state index contributed by atoms with van der Waals surface area (Å²) in [4.78, 5) is 18.1. The highest BCUT2D eigenvalue weighted by Crippen LogP contribution is 2.31. The van der Waals surface area contributed by atoms with Crippen molar-refractivity contribution in [3.05, 3.63) is 179 Å². The van der Waals surface area contributed by atoms with Crippen molar-refractivity contribution in [1.82, 2.24) is 48.6 Å². The van der Waals surface area contributed by atoms with Crippen LogP contribution in [0, 0.1) is 13.8 Å². The molecule has 2 aliphatic heterocycles. The van der Waals surface area contributed by atoms with Crippen LogP contribution in [0.3, 0.4) is 0 Å². The molecule has 0 saturated carbocycles. The molecule has 312 valence electrons. The SMILES string of the molecule is COc1cc(/C=C/c2nc3n(n2)CC[C@@H](c2ccccc2)C3)ccc1-n1cnc(C)c1.COc1cc(/C=C/c2nc3n(n2)CC[C@H](c2ccccc2)C3)ccc1-n1cnc(C)c1. The third-order valence-corrected chi connectivity index (χ3v) is 11.5. The Labute approximate surface area is 361 Å². The van der Waals surface area contributed by atoms with Gasteiger partial charge in [-0.2, -0.15) is 10.2 Å². The van der Waals surface area contributed by atoms with Crippen molar-refractivity contribution in [3.8, 4) is 22.9 Å². The maximum atomic E-state index is 5.60. The van der Waals surface area contributed by atoms with E-state index in [-0.39, 0.29) is 0 Å². The quantitative estimate of drug-likeness (QED) is 0.134. The van der Waals surface area contributed by atoms with Crippen LogP contribution in [-0.2, 0) is 25.9 Å². The lowest BCUT2D eigenvalue weighted by molar-refractivity contribution is 0.412. The van der Waals surface area contributed by atoms with Crippen LogP contribution >= 0.6 is 0 Å². The topological polar surface area (TPSA) is 116 Å². The minimum atomic E-state index is 0.512. The molecule has 62 heavy (non-hydrogen) atoms. The lowest BCUT2D eigenvalue weighted by Crippen LogP contribution is -2.19. The van der Waals surface area contributed by atoms with E-state index < -0.39 is 0 Å². The number of aromatic nitrogens is 10. The zero-order chi connectivity index (χ0) is 42.4. The van der Waals surface area contributed by atoms with Crippen LogP contribution in [0.5, 0.6) is 11.5 Å². The van der Waals surface area contributed by atoms with E-state index in [1.54, 1.807) is 26.9 Å². The smallest absolute Gasteiger partial charge is 0.174 e. The number of imidazole rings is 2. The average molecular weight is 823 g/mol. The van der Waals surface area contributed by atoms with Gasteiger partial charge >= 0.3 is 0 Å². The van der Waals surface area contributed by atoms with Gasteiger partial charge in [-0.3, -0.25) is 0 Å². The zero-order valence-electron chi connectivity index (χ0n) is 35.5. The van der Waals surface area contributed by atoms with E-state index in [1.165, 1.54) is 11.1 Å². The highest BCUT2D eigenvalue weighted by atomic mass is 16.5. The van der Waals surface area contributed by atoms with Crippen molar-refractivity contribution >= 4 is 24.3 Å². The van der Waals surface area contributed by atoms with E-state index in [9.17, 15) is 0 Å². The van der Waals surface area contributed by atoms with E-state index in [2.05, 4.69) is 93.0 Å². The van der Waals surface area contributed by atoms with Gasteiger partial charge in [0.15, 0.2) is 11.6 Å². The summed E-state index contributed by atoms with van der Waals surface area (Å²) >= 11 is 0. The van der Waals surface area contributed by atoms with Gasteiger partial charge in [0.1, 0.15) is 23.1 Å². The van der Waals surface area contributed by atoms with Gasteiger partial charge < -0.3 is 18.6 Å². The summed E-state index contributed by atoms with van der Waals surface area (Å²) < 4.78 is 19.2. The number of methoxy groups -OCH3 is 2. The molecule has 6 heterocycles. The van der Waals surface area contributed by atoms with Crippen molar-refractivity contribution in [1.29, 1.82) is 0 Å². The molecule has 8 aromatic rings. The fraction of sp³-hybridized carbons (Fsp3) is 0.240. The number of nitrogens with zero attached hydrogens (tertiary/aromatic N) is 10. The summed E-state index contributed by atoms with van der Waals surface area (Å²) in [7, 11) is 3.37. The lowest BCUT2D eigenvalue weighted by atomic mass is 9.90. The largest absolute Gasteiger partial charge is 0.495 e. The molecule has 0 amide bonds. The van der Waals surface area contributed by atoms with Crippen LogP contribution < -0.4 is 9.47 Å². The number of hydrogen-bond donors (Lipinski definition) is 0.